The Kier molecular flexibility index (Phi) is 6.82. The summed E-state index contributed by atoms with van der Waals surface area (Å²) in [7, 11) is 0. The third kappa shape index (κ3) is 4.88. The summed E-state index contributed by atoms with van der Waals surface area (Å²) in [6.07, 6.45) is 1.40. The van der Waals surface area contributed by atoms with Crippen molar-refractivity contribution < 1.29 is 14.3 Å². The van der Waals surface area contributed by atoms with Crippen molar-refractivity contribution in [3.63, 3.8) is 0 Å². The Balaban J connectivity index is 1.38. The minimum Gasteiger partial charge on any atom is -0.455 e. The summed E-state index contributed by atoms with van der Waals surface area (Å²) in [5.74, 6) is -0.138. The summed E-state index contributed by atoms with van der Waals surface area (Å²) in [5.41, 5.74) is 2.86. The molecule has 3 heterocycles. The van der Waals surface area contributed by atoms with Gasteiger partial charge in [-0.25, -0.2) is 4.98 Å². The molecule has 0 unspecified atom stereocenters. The van der Waals surface area contributed by atoms with Crippen LogP contribution in [0, 0.1) is 0 Å². The maximum Gasteiger partial charge on any atom is 0.268 e. The second-order valence-electron chi connectivity index (χ2n) is 8.26. The molecule has 12 heteroatoms. The van der Waals surface area contributed by atoms with Crippen LogP contribution in [0.1, 0.15) is 17.3 Å². The Bertz CT molecular complexity index is 1310. The molecule has 1 fully saturated rings. The van der Waals surface area contributed by atoms with Crippen molar-refractivity contribution in [2.75, 3.05) is 53.3 Å². The van der Waals surface area contributed by atoms with Gasteiger partial charge in [0.1, 0.15) is 5.56 Å². The highest BCUT2D eigenvalue weighted by Gasteiger charge is 2.31. The summed E-state index contributed by atoms with van der Waals surface area (Å²) in [6, 6.07) is 10.7. The van der Waals surface area contributed by atoms with Gasteiger partial charge >= 0.3 is 0 Å². The quantitative estimate of drug-likeness (QED) is 0.458. The third-order valence-electron chi connectivity index (χ3n) is 5.79. The van der Waals surface area contributed by atoms with Crippen LogP contribution in [0.3, 0.4) is 0 Å². The lowest BCUT2D eigenvalue weighted by Crippen LogP contribution is -2.43. The number of fused-ring (bicyclic) bond motifs is 1. The molecule has 2 aliphatic heterocycles. The molecule has 3 aromatic rings. The molecule has 2 aromatic carbocycles. The number of halogens is 2. The maximum absolute atomic E-state index is 13.1. The zero-order valence-electron chi connectivity index (χ0n) is 19.3. The maximum atomic E-state index is 13.1. The van der Waals surface area contributed by atoms with Gasteiger partial charge < -0.3 is 25.6 Å². The second-order valence-corrected chi connectivity index (χ2v) is 9.08. The van der Waals surface area contributed by atoms with E-state index in [9.17, 15) is 9.59 Å². The van der Waals surface area contributed by atoms with Gasteiger partial charge in [0.05, 0.1) is 27.1 Å². The minimum absolute atomic E-state index is 0.0994. The first-order valence-electron chi connectivity index (χ1n) is 11.3. The third-order valence-corrected chi connectivity index (χ3v) is 6.40. The molecular weight excluding hydrogens is 505 g/mol. The first-order chi connectivity index (χ1) is 17.4. The molecule has 5 rings (SSSR count). The molecule has 0 saturated carbocycles. The standard InChI is InChI=1S/C24H23Cl2N7O3/c1-14(34)29-19-11-15(5-6-20(19)32-9-7-27-8-10-32)30-24-28-12-16-22(31-24)36-13-33(23(16)35)21-17(25)3-2-4-18(21)26/h2-6,11-12,27H,7-10,13H2,1H3,(H,29,34)(H,28,30,31). The van der Waals surface area contributed by atoms with Crippen LogP contribution in [0.5, 0.6) is 5.88 Å². The van der Waals surface area contributed by atoms with Gasteiger partial charge in [-0.15, -0.1) is 0 Å². The highest BCUT2D eigenvalue weighted by atomic mass is 35.5. The summed E-state index contributed by atoms with van der Waals surface area (Å²) >= 11 is 12.5. The highest BCUT2D eigenvalue weighted by Crippen LogP contribution is 2.37. The molecule has 1 saturated heterocycles. The molecule has 186 valence electrons. The number of para-hydroxylation sites is 1. The van der Waals surface area contributed by atoms with Crippen LogP contribution >= 0.6 is 23.2 Å². The van der Waals surface area contributed by atoms with Gasteiger partial charge in [0.15, 0.2) is 6.73 Å². The number of amides is 2. The van der Waals surface area contributed by atoms with Crippen molar-refractivity contribution in [3.8, 4) is 5.88 Å². The van der Waals surface area contributed by atoms with Crippen LogP contribution in [-0.4, -0.2) is 54.7 Å². The predicted molar refractivity (Wildman–Crippen MR) is 140 cm³/mol. The van der Waals surface area contributed by atoms with Gasteiger partial charge in [-0.2, -0.15) is 4.98 Å². The Hall–Kier alpha value is -3.60. The van der Waals surface area contributed by atoms with Gasteiger partial charge in [0, 0.05) is 45.0 Å². The van der Waals surface area contributed by atoms with Crippen LogP contribution in [0.4, 0.5) is 28.7 Å². The van der Waals surface area contributed by atoms with E-state index in [1.807, 2.05) is 18.2 Å². The van der Waals surface area contributed by atoms with E-state index < -0.39 is 0 Å². The number of ether oxygens (including phenoxy) is 1. The molecule has 2 aliphatic rings. The zero-order valence-corrected chi connectivity index (χ0v) is 20.9. The van der Waals surface area contributed by atoms with E-state index >= 15 is 0 Å². The number of aromatic nitrogens is 2. The molecule has 3 N–H and O–H groups in total. The van der Waals surface area contributed by atoms with Gasteiger partial charge in [0.2, 0.25) is 17.7 Å². The molecular formula is C24H23Cl2N7O3. The fourth-order valence-corrected chi connectivity index (χ4v) is 4.74. The normalized spacial score (nSPS) is 15.2. The van der Waals surface area contributed by atoms with Gasteiger partial charge in [-0.1, -0.05) is 29.3 Å². The topological polar surface area (TPSA) is 112 Å². The fourth-order valence-electron chi connectivity index (χ4n) is 4.14. The van der Waals surface area contributed by atoms with Crippen molar-refractivity contribution in [3.05, 3.63) is 58.2 Å². The summed E-state index contributed by atoms with van der Waals surface area (Å²) in [4.78, 5) is 37.2. The van der Waals surface area contributed by atoms with E-state index in [2.05, 4.69) is 30.8 Å². The lowest BCUT2D eigenvalue weighted by atomic mass is 10.2. The molecule has 0 atom stereocenters. The smallest absolute Gasteiger partial charge is 0.268 e. The van der Waals surface area contributed by atoms with E-state index in [-0.39, 0.29) is 35.9 Å². The molecule has 0 aliphatic carbocycles. The Morgan fingerprint density at radius 2 is 1.89 bits per heavy atom. The summed E-state index contributed by atoms with van der Waals surface area (Å²) in [6.45, 7) is 4.81. The Labute approximate surface area is 217 Å². The van der Waals surface area contributed by atoms with Crippen LogP contribution in [0.25, 0.3) is 0 Å². The van der Waals surface area contributed by atoms with Gasteiger partial charge in [0.25, 0.3) is 5.91 Å². The summed E-state index contributed by atoms with van der Waals surface area (Å²) < 4.78 is 5.75. The number of nitrogens with one attached hydrogen (secondary N) is 3. The van der Waals surface area contributed by atoms with Crippen molar-refractivity contribution in [1.82, 2.24) is 15.3 Å². The van der Waals surface area contributed by atoms with E-state index in [0.29, 0.717) is 27.1 Å². The van der Waals surface area contributed by atoms with Gasteiger partial charge in [-0.05, 0) is 30.3 Å². The van der Waals surface area contributed by atoms with Crippen LogP contribution in [0.2, 0.25) is 10.0 Å². The predicted octanol–water partition coefficient (Wildman–Crippen LogP) is 3.89. The SMILES string of the molecule is CC(=O)Nc1cc(Nc2ncc3c(n2)OCN(c2c(Cl)cccc2Cl)C3=O)ccc1N1CCNCC1. The number of anilines is 5. The summed E-state index contributed by atoms with van der Waals surface area (Å²) in [5, 5.41) is 10.0. The fraction of sp³-hybridized carbons (Fsp3) is 0.250. The lowest BCUT2D eigenvalue weighted by molar-refractivity contribution is -0.114. The molecule has 10 nitrogen and oxygen atoms in total. The molecule has 0 radical (unpaired) electrons. The lowest BCUT2D eigenvalue weighted by Gasteiger charge is -2.31. The first kappa shape index (κ1) is 24.1. The minimum atomic E-state index is -0.369. The second kappa shape index (κ2) is 10.2. The van der Waals surface area contributed by atoms with Gasteiger partial charge in [-0.3, -0.25) is 14.5 Å². The van der Waals surface area contributed by atoms with Crippen molar-refractivity contribution >= 4 is 63.7 Å². The number of benzene rings is 2. The van der Waals surface area contributed by atoms with E-state index in [4.69, 9.17) is 27.9 Å². The van der Waals surface area contributed by atoms with E-state index in [1.54, 1.807) is 18.2 Å². The molecule has 2 amide bonds. The van der Waals surface area contributed by atoms with Crippen LogP contribution in [0.15, 0.2) is 42.6 Å². The Morgan fingerprint density at radius 3 is 2.61 bits per heavy atom. The van der Waals surface area contributed by atoms with E-state index in [1.165, 1.54) is 18.0 Å². The van der Waals surface area contributed by atoms with Crippen molar-refractivity contribution in [2.24, 2.45) is 0 Å². The Morgan fingerprint density at radius 1 is 1.14 bits per heavy atom. The number of rotatable bonds is 5. The largest absolute Gasteiger partial charge is 0.455 e. The molecule has 0 bridgehead atoms. The molecule has 0 spiro atoms. The zero-order chi connectivity index (χ0) is 25.2. The number of carbonyl (C=O) groups is 2. The van der Waals surface area contributed by atoms with Crippen molar-refractivity contribution in [2.45, 2.75) is 6.92 Å². The average molecular weight is 528 g/mol. The number of piperazine rings is 1. The average Bonchev–Trinajstić information content (AvgIpc) is 2.85. The molecule has 36 heavy (non-hydrogen) atoms. The monoisotopic (exact) mass is 527 g/mol. The number of nitrogens with zero attached hydrogens (tertiary/aromatic N) is 4. The van der Waals surface area contributed by atoms with E-state index in [0.717, 1.165) is 31.9 Å². The van der Waals surface area contributed by atoms with Crippen molar-refractivity contribution in [1.29, 1.82) is 0 Å². The van der Waals surface area contributed by atoms with Crippen LogP contribution < -0.4 is 30.5 Å². The number of carbonyl (C=O) groups excluding carboxylic acids is 2. The number of hydrogen-bond donors (Lipinski definition) is 3. The van der Waals surface area contributed by atoms with Crippen LogP contribution in [-0.2, 0) is 4.79 Å². The first-order valence-corrected chi connectivity index (χ1v) is 12.1. The number of hydrogen-bond acceptors (Lipinski definition) is 8. The molecule has 1 aromatic heterocycles. The highest BCUT2D eigenvalue weighted by molar-refractivity contribution is 6.40.